The van der Waals surface area contributed by atoms with Gasteiger partial charge in [-0.1, -0.05) is 23.2 Å². The maximum atomic E-state index is 12.0. The Morgan fingerprint density at radius 2 is 2.12 bits per heavy atom. The monoisotopic (exact) mass is 268 g/mol. The van der Waals surface area contributed by atoms with Gasteiger partial charge in [0, 0.05) is 18.0 Å². The van der Waals surface area contributed by atoms with E-state index in [1.807, 2.05) is 6.92 Å². The van der Waals surface area contributed by atoms with Crippen LogP contribution in [0.25, 0.3) is 0 Å². The summed E-state index contributed by atoms with van der Waals surface area (Å²) in [5.41, 5.74) is 0.549. The van der Waals surface area contributed by atoms with Crippen LogP contribution < -0.4 is 0 Å². The molecule has 0 aliphatic carbocycles. The topological polar surface area (TPSA) is 34.9 Å². The summed E-state index contributed by atoms with van der Waals surface area (Å²) in [6.45, 7) is 2.10. The van der Waals surface area contributed by atoms with Gasteiger partial charge < -0.3 is 4.57 Å². The molecular formula is C12H10Cl2N2O. The highest BCUT2D eigenvalue weighted by atomic mass is 35.5. The quantitative estimate of drug-likeness (QED) is 0.800. The lowest BCUT2D eigenvalue weighted by atomic mass is 10.1. The predicted octanol–water partition coefficient (Wildman–Crippen LogP) is 3.38. The van der Waals surface area contributed by atoms with Crippen molar-refractivity contribution in [3.8, 4) is 0 Å². The number of carbonyl (C=O) groups excluding carboxylic acids is 1. The molecule has 0 spiro atoms. The lowest BCUT2D eigenvalue weighted by Crippen LogP contribution is -2.11. The summed E-state index contributed by atoms with van der Waals surface area (Å²) in [4.78, 5) is 16.0. The van der Waals surface area contributed by atoms with Crippen LogP contribution in [-0.2, 0) is 6.54 Å². The molecule has 1 heterocycles. The standard InChI is InChI=1S/C12H10Cl2N2O/c1-8-15-4-5-16(8)7-12(17)9-2-3-10(13)11(14)6-9/h2-6H,7H2,1H3. The number of imidazole rings is 1. The van der Waals surface area contributed by atoms with Crippen molar-refractivity contribution in [2.75, 3.05) is 0 Å². The Hall–Kier alpha value is -1.32. The van der Waals surface area contributed by atoms with Gasteiger partial charge in [0.25, 0.3) is 0 Å². The van der Waals surface area contributed by atoms with Crippen LogP contribution in [0.2, 0.25) is 10.0 Å². The van der Waals surface area contributed by atoms with Gasteiger partial charge >= 0.3 is 0 Å². The fourth-order valence-electron chi connectivity index (χ4n) is 1.49. The molecule has 88 valence electrons. The average Bonchev–Trinajstić information content (AvgIpc) is 2.68. The molecule has 0 N–H and O–H groups in total. The molecule has 0 bridgehead atoms. The Bertz CT molecular complexity index is 563. The third-order valence-corrected chi connectivity index (χ3v) is 3.22. The van der Waals surface area contributed by atoms with Gasteiger partial charge in [0.2, 0.25) is 0 Å². The van der Waals surface area contributed by atoms with Crippen molar-refractivity contribution < 1.29 is 4.79 Å². The molecule has 2 rings (SSSR count). The first-order chi connectivity index (χ1) is 8.08. The Morgan fingerprint density at radius 1 is 1.35 bits per heavy atom. The van der Waals surface area contributed by atoms with Crippen LogP contribution in [-0.4, -0.2) is 15.3 Å². The highest BCUT2D eigenvalue weighted by Crippen LogP contribution is 2.23. The molecule has 1 aromatic heterocycles. The largest absolute Gasteiger partial charge is 0.327 e. The van der Waals surface area contributed by atoms with Crippen molar-refractivity contribution in [3.63, 3.8) is 0 Å². The Labute approximate surface area is 109 Å². The average molecular weight is 269 g/mol. The lowest BCUT2D eigenvalue weighted by molar-refractivity contribution is 0.0971. The number of rotatable bonds is 3. The first-order valence-corrected chi connectivity index (χ1v) is 5.79. The summed E-state index contributed by atoms with van der Waals surface area (Å²) in [5.74, 6) is 0.781. The minimum Gasteiger partial charge on any atom is -0.327 e. The maximum Gasteiger partial charge on any atom is 0.182 e. The van der Waals surface area contributed by atoms with Crippen molar-refractivity contribution in [2.45, 2.75) is 13.5 Å². The number of nitrogens with zero attached hydrogens (tertiary/aromatic N) is 2. The molecule has 5 heteroatoms. The van der Waals surface area contributed by atoms with Crippen molar-refractivity contribution in [1.29, 1.82) is 0 Å². The number of hydrogen-bond acceptors (Lipinski definition) is 2. The van der Waals surface area contributed by atoms with Crippen LogP contribution >= 0.6 is 23.2 Å². The third-order valence-electron chi connectivity index (χ3n) is 2.48. The summed E-state index contributed by atoms with van der Waals surface area (Å²) in [6, 6.07) is 4.87. The van der Waals surface area contributed by atoms with E-state index in [4.69, 9.17) is 23.2 Å². The molecule has 0 unspecified atom stereocenters. The molecule has 2 aromatic rings. The Kier molecular flexibility index (Phi) is 3.50. The second-order valence-electron chi connectivity index (χ2n) is 3.65. The number of carbonyl (C=O) groups is 1. The number of Topliss-reactive ketones (excluding diaryl/α,β-unsaturated/α-hetero) is 1. The number of benzene rings is 1. The molecule has 0 radical (unpaired) electrons. The van der Waals surface area contributed by atoms with E-state index in [-0.39, 0.29) is 12.3 Å². The zero-order valence-electron chi connectivity index (χ0n) is 9.15. The normalized spacial score (nSPS) is 10.5. The Balaban J connectivity index is 2.20. The number of ketones is 1. The highest BCUT2D eigenvalue weighted by molar-refractivity contribution is 6.42. The molecule has 0 amide bonds. The SMILES string of the molecule is Cc1nccn1CC(=O)c1ccc(Cl)c(Cl)c1. The lowest BCUT2D eigenvalue weighted by Gasteiger charge is -2.05. The van der Waals surface area contributed by atoms with E-state index in [1.165, 1.54) is 0 Å². The van der Waals surface area contributed by atoms with Crippen molar-refractivity contribution >= 4 is 29.0 Å². The number of hydrogen-bond donors (Lipinski definition) is 0. The van der Waals surface area contributed by atoms with E-state index in [9.17, 15) is 4.79 Å². The maximum absolute atomic E-state index is 12.0. The highest BCUT2D eigenvalue weighted by Gasteiger charge is 2.09. The van der Waals surface area contributed by atoms with Gasteiger partial charge in [-0.3, -0.25) is 4.79 Å². The summed E-state index contributed by atoms with van der Waals surface area (Å²) in [7, 11) is 0. The van der Waals surface area contributed by atoms with Crippen LogP contribution in [0.3, 0.4) is 0 Å². The van der Waals surface area contributed by atoms with Gasteiger partial charge in [0.05, 0.1) is 16.6 Å². The van der Waals surface area contributed by atoms with Gasteiger partial charge in [-0.15, -0.1) is 0 Å². The molecule has 0 fully saturated rings. The molecule has 0 saturated heterocycles. The fourth-order valence-corrected chi connectivity index (χ4v) is 1.78. The molecule has 0 aliphatic heterocycles. The fraction of sp³-hybridized carbons (Fsp3) is 0.167. The van der Waals surface area contributed by atoms with Gasteiger partial charge in [-0.2, -0.15) is 0 Å². The van der Waals surface area contributed by atoms with E-state index in [0.29, 0.717) is 15.6 Å². The zero-order chi connectivity index (χ0) is 12.4. The van der Waals surface area contributed by atoms with Crippen LogP contribution in [0.5, 0.6) is 0 Å². The summed E-state index contributed by atoms with van der Waals surface area (Å²) >= 11 is 11.7. The summed E-state index contributed by atoms with van der Waals surface area (Å²) in [5, 5.41) is 0.835. The molecule has 3 nitrogen and oxygen atoms in total. The second-order valence-corrected chi connectivity index (χ2v) is 4.47. The number of halogens is 2. The van der Waals surface area contributed by atoms with E-state index in [0.717, 1.165) is 5.82 Å². The number of aromatic nitrogens is 2. The number of aryl methyl sites for hydroxylation is 1. The molecule has 0 aliphatic rings. The van der Waals surface area contributed by atoms with Gasteiger partial charge in [0.1, 0.15) is 5.82 Å². The molecule has 17 heavy (non-hydrogen) atoms. The van der Waals surface area contributed by atoms with E-state index in [1.54, 1.807) is 35.2 Å². The van der Waals surface area contributed by atoms with Crippen molar-refractivity contribution in [1.82, 2.24) is 9.55 Å². The minimum absolute atomic E-state index is 0.0235. The van der Waals surface area contributed by atoms with Crippen LogP contribution in [0.4, 0.5) is 0 Å². The molecular weight excluding hydrogens is 259 g/mol. The van der Waals surface area contributed by atoms with E-state index >= 15 is 0 Å². The van der Waals surface area contributed by atoms with Crippen molar-refractivity contribution in [2.24, 2.45) is 0 Å². The van der Waals surface area contributed by atoms with E-state index < -0.39 is 0 Å². The molecule has 0 saturated carbocycles. The van der Waals surface area contributed by atoms with Crippen LogP contribution in [0.15, 0.2) is 30.6 Å². The zero-order valence-corrected chi connectivity index (χ0v) is 10.7. The molecule has 1 aromatic carbocycles. The van der Waals surface area contributed by atoms with Gasteiger partial charge in [-0.25, -0.2) is 4.98 Å². The first-order valence-electron chi connectivity index (χ1n) is 5.04. The summed E-state index contributed by atoms with van der Waals surface area (Å²) in [6.07, 6.45) is 3.43. The van der Waals surface area contributed by atoms with Gasteiger partial charge in [0.15, 0.2) is 5.78 Å². The molecule has 0 atom stereocenters. The van der Waals surface area contributed by atoms with Crippen molar-refractivity contribution in [3.05, 3.63) is 52.0 Å². The first kappa shape index (κ1) is 12.1. The Morgan fingerprint density at radius 3 is 2.71 bits per heavy atom. The van der Waals surface area contributed by atoms with Crippen LogP contribution in [0.1, 0.15) is 16.2 Å². The third kappa shape index (κ3) is 2.68. The smallest absolute Gasteiger partial charge is 0.182 e. The summed E-state index contributed by atoms with van der Waals surface area (Å²) < 4.78 is 1.78. The van der Waals surface area contributed by atoms with E-state index in [2.05, 4.69) is 4.98 Å². The predicted molar refractivity (Wildman–Crippen MR) is 67.8 cm³/mol. The minimum atomic E-state index is -0.0235. The van der Waals surface area contributed by atoms with Gasteiger partial charge in [-0.05, 0) is 25.1 Å². The van der Waals surface area contributed by atoms with Crippen LogP contribution in [0, 0.1) is 6.92 Å². The second kappa shape index (κ2) is 4.90.